The van der Waals surface area contributed by atoms with E-state index < -0.39 is 0 Å². The highest BCUT2D eigenvalue weighted by atomic mass is 35.5. The third-order valence-corrected chi connectivity index (χ3v) is 5.31. The summed E-state index contributed by atoms with van der Waals surface area (Å²) in [6.45, 7) is 0. The molecule has 4 rings (SSSR count). The normalized spacial score (nSPS) is 10.6. The van der Waals surface area contributed by atoms with E-state index in [0.29, 0.717) is 37.9 Å². The second-order valence-electron chi connectivity index (χ2n) is 6.06. The van der Waals surface area contributed by atoms with Crippen LogP contribution in [0.15, 0.2) is 78.2 Å². The van der Waals surface area contributed by atoms with E-state index in [0.717, 1.165) is 5.56 Å². The smallest absolute Gasteiger partial charge is 0.257 e. The molecule has 0 saturated carbocycles. The Hall–Kier alpha value is -2.86. The molecular formula is C22H14Cl2N2O2S. The lowest BCUT2D eigenvalue weighted by atomic mass is 10.2. The molecule has 1 amide bonds. The number of nitrogens with one attached hydrogen (secondary N) is 1. The van der Waals surface area contributed by atoms with Gasteiger partial charge in [-0.05, 0) is 48.5 Å². The van der Waals surface area contributed by atoms with Crippen molar-refractivity contribution in [1.29, 1.82) is 0 Å². The van der Waals surface area contributed by atoms with E-state index in [9.17, 15) is 4.79 Å². The summed E-state index contributed by atoms with van der Waals surface area (Å²) in [4.78, 5) is 17.1. The summed E-state index contributed by atoms with van der Waals surface area (Å²) >= 11 is 13.5. The number of anilines is 1. The second-order valence-corrected chi connectivity index (χ2v) is 7.76. The summed E-state index contributed by atoms with van der Waals surface area (Å²) < 4.78 is 5.79. The Kier molecular flexibility index (Phi) is 5.81. The lowest BCUT2D eigenvalue weighted by Crippen LogP contribution is -2.11. The van der Waals surface area contributed by atoms with Crippen LogP contribution in [0.2, 0.25) is 10.0 Å². The average Bonchev–Trinajstić information content (AvgIpc) is 3.17. The maximum absolute atomic E-state index is 12.6. The van der Waals surface area contributed by atoms with Crippen LogP contribution in [-0.4, -0.2) is 10.9 Å². The topological polar surface area (TPSA) is 51.2 Å². The van der Waals surface area contributed by atoms with Gasteiger partial charge in [0.2, 0.25) is 0 Å². The highest BCUT2D eigenvalue weighted by Gasteiger charge is 2.13. The van der Waals surface area contributed by atoms with Crippen LogP contribution in [-0.2, 0) is 0 Å². The Balaban J connectivity index is 1.49. The van der Waals surface area contributed by atoms with E-state index in [-0.39, 0.29) is 5.91 Å². The number of thiazole rings is 1. The zero-order valence-corrected chi connectivity index (χ0v) is 17.3. The molecule has 29 heavy (non-hydrogen) atoms. The molecule has 0 fully saturated rings. The van der Waals surface area contributed by atoms with Crippen LogP contribution in [0.25, 0.3) is 11.3 Å². The maximum Gasteiger partial charge on any atom is 0.257 e. The number of carbonyl (C=O) groups excluding carboxylic acids is 1. The van der Waals surface area contributed by atoms with Crippen LogP contribution in [0.5, 0.6) is 11.5 Å². The summed E-state index contributed by atoms with van der Waals surface area (Å²) in [6, 6.07) is 21.6. The SMILES string of the molecule is O=C(Nc1nc(-c2ccc(Cl)cc2Cl)cs1)c1cccc(Oc2ccccc2)c1. The molecule has 1 heterocycles. The zero-order chi connectivity index (χ0) is 20.2. The standard InChI is InChI=1S/C22H14Cl2N2O2S/c23-15-9-10-18(19(24)12-15)20-13-29-22(25-20)26-21(27)14-5-4-8-17(11-14)28-16-6-2-1-3-7-16/h1-13H,(H,25,26,27). The van der Waals surface area contributed by atoms with Gasteiger partial charge in [0.05, 0.1) is 10.7 Å². The summed E-state index contributed by atoms with van der Waals surface area (Å²) in [5.74, 6) is 1.01. The number of para-hydroxylation sites is 1. The first-order valence-corrected chi connectivity index (χ1v) is 10.3. The van der Waals surface area contributed by atoms with Crippen molar-refractivity contribution in [2.75, 3.05) is 5.32 Å². The number of benzene rings is 3. The van der Waals surface area contributed by atoms with Crippen LogP contribution in [0, 0.1) is 0 Å². The molecule has 0 unspecified atom stereocenters. The highest BCUT2D eigenvalue weighted by molar-refractivity contribution is 7.14. The van der Waals surface area contributed by atoms with Gasteiger partial charge in [-0.15, -0.1) is 11.3 Å². The molecule has 0 aliphatic rings. The van der Waals surface area contributed by atoms with Gasteiger partial charge in [-0.3, -0.25) is 10.1 Å². The van der Waals surface area contributed by atoms with Gasteiger partial charge in [-0.25, -0.2) is 4.98 Å². The number of ether oxygens (including phenoxy) is 1. The van der Waals surface area contributed by atoms with Gasteiger partial charge in [-0.2, -0.15) is 0 Å². The molecule has 0 spiro atoms. The van der Waals surface area contributed by atoms with Crippen LogP contribution in [0.1, 0.15) is 10.4 Å². The van der Waals surface area contributed by atoms with Crippen LogP contribution >= 0.6 is 34.5 Å². The molecule has 3 aromatic carbocycles. The number of rotatable bonds is 5. The maximum atomic E-state index is 12.6. The van der Waals surface area contributed by atoms with Crippen molar-refractivity contribution >= 4 is 45.6 Å². The molecule has 0 atom stereocenters. The fraction of sp³-hybridized carbons (Fsp3) is 0. The fourth-order valence-corrected chi connectivity index (χ4v) is 3.86. The van der Waals surface area contributed by atoms with Gasteiger partial charge in [0.15, 0.2) is 5.13 Å². The lowest BCUT2D eigenvalue weighted by molar-refractivity contribution is 0.102. The molecule has 7 heteroatoms. The van der Waals surface area contributed by atoms with Gasteiger partial charge in [0.1, 0.15) is 11.5 Å². The number of nitrogens with zero attached hydrogens (tertiary/aromatic N) is 1. The molecular weight excluding hydrogens is 427 g/mol. The van der Waals surface area contributed by atoms with Gasteiger partial charge in [0.25, 0.3) is 5.91 Å². The number of hydrogen-bond donors (Lipinski definition) is 1. The molecule has 4 aromatic rings. The average molecular weight is 441 g/mol. The molecule has 4 nitrogen and oxygen atoms in total. The van der Waals surface area contributed by atoms with Crippen LogP contribution < -0.4 is 10.1 Å². The minimum absolute atomic E-state index is 0.272. The Labute approximate surface area is 181 Å². The number of halogens is 2. The van der Waals surface area contributed by atoms with Crippen molar-refractivity contribution in [2.24, 2.45) is 0 Å². The van der Waals surface area contributed by atoms with Gasteiger partial charge in [-0.1, -0.05) is 47.5 Å². The second kappa shape index (κ2) is 8.66. The van der Waals surface area contributed by atoms with Crippen molar-refractivity contribution in [3.05, 3.63) is 93.8 Å². The minimum atomic E-state index is -0.272. The Morgan fingerprint density at radius 1 is 0.931 bits per heavy atom. The summed E-state index contributed by atoms with van der Waals surface area (Å²) in [5, 5.41) is 6.19. The van der Waals surface area contributed by atoms with E-state index in [1.54, 1.807) is 42.5 Å². The van der Waals surface area contributed by atoms with E-state index in [2.05, 4.69) is 10.3 Å². The number of amides is 1. The Morgan fingerprint density at radius 2 is 1.72 bits per heavy atom. The quantitative estimate of drug-likeness (QED) is 0.358. The molecule has 0 bridgehead atoms. The summed E-state index contributed by atoms with van der Waals surface area (Å²) in [6.07, 6.45) is 0. The number of hydrogen-bond acceptors (Lipinski definition) is 4. The minimum Gasteiger partial charge on any atom is -0.457 e. The van der Waals surface area contributed by atoms with E-state index >= 15 is 0 Å². The number of carbonyl (C=O) groups is 1. The van der Waals surface area contributed by atoms with Crippen molar-refractivity contribution in [3.63, 3.8) is 0 Å². The van der Waals surface area contributed by atoms with E-state index in [4.69, 9.17) is 27.9 Å². The van der Waals surface area contributed by atoms with E-state index in [1.165, 1.54) is 11.3 Å². The van der Waals surface area contributed by atoms with Crippen molar-refractivity contribution in [3.8, 4) is 22.8 Å². The summed E-state index contributed by atoms with van der Waals surface area (Å²) in [7, 11) is 0. The molecule has 0 aliphatic carbocycles. The summed E-state index contributed by atoms with van der Waals surface area (Å²) in [5.41, 5.74) is 1.90. The van der Waals surface area contributed by atoms with Gasteiger partial charge >= 0.3 is 0 Å². The van der Waals surface area contributed by atoms with Crippen molar-refractivity contribution in [2.45, 2.75) is 0 Å². The predicted octanol–water partition coefficient (Wildman–Crippen LogP) is 7.16. The molecule has 1 N–H and O–H groups in total. The van der Waals surface area contributed by atoms with Crippen LogP contribution in [0.4, 0.5) is 5.13 Å². The monoisotopic (exact) mass is 440 g/mol. The first-order valence-electron chi connectivity index (χ1n) is 8.64. The molecule has 1 aromatic heterocycles. The van der Waals surface area contributed by atoms with Gasteiger partial charge < -0.3 is 4.74 Å². The molecule has 144 valence electrons. The predicted molar refractivity (Wildman–Crippen MR) is 118 cm³/mol. The zero-order valence-electron chi connectivity index (χ0n) is 14.9. The fourth-order valence-electron chi connectivity index (χ4n) is 2.65. The third kappa shape index (κ3) is 4.77. The molecule has 0 saturated heterocycles. The van der Waals surface area contributed by atoms with E-state index in [1.807, 2.05) is 35.7 Å². The Morgan fingerprint density at radius 3 is 2.52 bits per heavy atom. The first-order chi connectivity index (χ1) is 14.1. The van der Waals surface area contributed by atoms with Gasteiger partial charge in [0, 0.05) is 21.5 Å². The largest absolute Gasteiger partial charge is 0.457 e. The van der Waals surface area contributed by atoms with Crippen LogP contribution in [0.3, 0.4) is 0 Å². The van der Waals surface area contributed by atoms with Crippen molar-refractivity contribution in [1.82, 2.24) is 4.98 Å². The molecule has 0 aliphatic heterocycles. The number of aromatic nitrogens is 1. The van der Waals surface area contributed by atoms with Crippen molar-refractivity contribution < 1.29 is 9.53 Å². The lowest BCUT2D eigenvalue weighted by Gasteiger charge is -2.07. The third-order valence-electron chi connectivity index (χ3n) is 4.01. The molecule has 0 radical (unpaired) electrons. The highest BCUT2D eigenvalue weighted by Crippen LogP contribution is 2.32. The Bertz CT molecular complexity index is 1160. The first kappa shape index (κ1) is 19.5.